The van der Waals surface area contributed by atoms with Crippen molar-refractivity contribution in [2.45, 2.75) is 45.1 Å². The van der Waals surface area contributed by atoms with Crippen LogP contribution in [0.5, 0.6) is 0 Å². The molecule has 0 aromatic heterocycles. The average Bonchev–Trinajstić information content (AvgIpc) is 2.52. The Hall–Kier alpha value is -0.570. The highest BCUT2D eigenvalue weighted by Gasteiger charge is 2.23. The lowest BCUT2D eigenvalue weighted by atomic mass is 10.2. The number of carbonyl (C=O) groups is 1. The van der Waals surface area contributed by atoms with E-state index in [9.17, 15) is 9.90 Å². The van der Waals surface area contributed by atoms with E-state index in [4.69, 9.17) is 0 Å². The maximum Gasteiger partial charge on any atom is 0.222 e. The van der Waals surface area contributed by atoms with Gasteiger partial charge in [-0.1, -0.05) is 19.8 Å². The minimum atomic E-state index is -0.282. The number of amides is 1. The van der Waals surface area contributed by atoms with Gasteiger partial charge in [0.15, 0.2) is 0 Å². The number of unbranched alkanes of at least 4 members (excludes halogenated alkanes) is 2. The van der Waals surface area contributed by atoms with Crippen molar-refractivity contribution in [3.8, 4) is 0 Å². The number of likely N-dealkylation sites (tertiary alicyclic amines) is 1. The average molecular weight is 185 g/mol. The fraction of sp³-hybridized carbons (Fsp3) is 0.900. The Labute approximate surface area is 79.7 Å². The first-order chi connectivity index (χ1) is 6.24. The normalized spacial score (nSPS) is 22.3. The lowest BCUT2D eigenvalue weighted by Crippen LogP contribution is -2.29. The van der Waals surface area contributed by atoms with Gasteiger partial charge >= 0.3 is 0 Å². The molecule has 1 N–H and O–H groups in total. The quantitative estimate of drug-likeness (QED) is 0.668. The van der Waals surface area contributed by atoms with Crippen LogP contribution in [-0.4, -0.2) is 35.1 Å². The van der Waals surface area contributed by atoms with Gasteiger partial charge in [0.05, 0.1) is 6.10 Å². The van der Waals surface area contributed by atoms with Crippen LogP contribution in [0.1, 0.15) is 39.0 Å². The predicted octanol–water partition coefficient (Wildman–Crippen LogP) is 1.16. The molecule has 1 fully saturated rings. The molecule has 1 amide bonds. The van der Waals surface area contributed by atoms with E-state index < -0.39 is 0 Å². The van der Waals surface area contributed by atoms with E-state index in [-0.39, 0.29) is 12.0 Å². The number of carbonyl (C=O) groups excluding carboxylic acids is 1. The van der Waals surface area contributed by atoms with E-state index in [1.54, 1.807) is 4.90 Å². The first kappa shape index (κ1) is 10.5. The van der Waals surface area contributed by atoms with Crippen LogP contribution in [0.3, 0.4) is 0 Å². The summed E-state index contributed by atoms with van der Waals surface area (Å²) >= 11 is 0. The fourth-order valence-electron chi connectivity index (χ4n) is 1.65. The summed E-state index contributed by atoms with van der Waals surface area (Å²) in [4.78, 5) is 13.3. The monoisotopic (exact) mass is 185 g/mol. The number of nitrogens with zero attached hydrogens (tertiary/aromatic N) is 1. The van der Waals surface area contributed by atoms with Crippen molar-refractivity contribution >= 4 is 5.91 Å². The smallest absolute Gasteiger partial charge is 0.222 e. The van der Waals surface area contributed by atoms with Gasteiger partial charge in [0.1, 0.15) is 0 Å². The van der Waals surface area contributed by atoms with Crippen LogP contribution in [0, 0.1) is 0 Å². The van der Waals surface area contributed by atoms with Gasteiger partial charge in [-0.05, 0) is 12.8 Å². The third-order valence-electron chi connectivity index (χ3n) is 2.51. The summed E-state index contributed by atoms with van der Waals surface area (Å²) in [6.45, 7) is 3.42. The maximum atomic E-state index is 11.5. The third kappa shape index (κ3) is 3.35. The molecule has 3 heteroatoms. The number of hydrogen-bond donors (Lipinski definition) is 1. The van der Waals surface area contributed by atoms with Crippen molar-refractivity contribution < 1.29 is 9.90 Å². The van der Waals surface area contributed by atoms with Gasteiger partial charge in [0, 0.05) is 19.5 Å². The van der Waals surface area contributed by atoms with Crippen molar-refractivity contribution in [1.29, 1.82) is 0 Å². The number of hydrogen-bond acceptors (Lipinski definition) is 2. The Morgan fingerprint density at radius 2 is 2.31 bits per heavy atom. The molecule has 0 aromatic carbocycles. The van der Waals surface area contributed by atoms with Gasteiger partial charge in [-0.15, -0.1) is 0 Å². The maximum absolute atomic E-state index is 11.5. The molecule has 1 aliphatic heterocycles. The van der Waals surface area contributed by atoms with Crippen molar-refractivity contribution in [1.82, 2.24) is 4.90 Å². The van der Waals surface area contributed by atoms with Gasteiger partial charge in [0.2, 0.25) is 5.91 Å². The largest absolute Gasteiger partial charge is 0.391 e. The molecule has 0 spiro atoms. The molecule has 1 saturated heterocycles. The SMILES string of the molecule is CCCCCC(=O)N1CCC(O)C1. The molecule has 1 rings (SSSR count). The van der Waals surface area contributed by atoms with Crippen LogP contribution in [0.2, 0.25) is 0 Å². The molecule has 13 heavy (non-hydrogen) atoms. The summed E-state index contributed by atoms with van der Waals surface area (Å²) in [6, 6.07) is 0. The molecule has 1 unspecified atom stereocenters. The van der Waals surface area contributed by atoms with Crippen molar-refractivity contribution in [2.75, 3.05) is 13.1 Å². The van der Waals surface area contributed by atoms with Gasteiger partial charge < -0.3 is 10.0 Å². The van der Waals surface area contributed by atoms with Crippen LogP contribution < -0.4 is 0 Å². The van der Waals surface area contributed by atoms with Crippen LogP contribution in [0.15, 0.2) is 0 Å². The van der Waals surface area contributed by atoms with E-state index in [0.717, 1.165) is 32.2 Å². The number of β-amino-alcohol motifs (C(OH)–C–C–N with tert-alkyl or cyclic N) is 1. The first-order valence-corrected chi connectivity index (χ1v) is 5.20. The van der Waals surface area contributed by atoms with Crippen LogP contribution in [-0.2, 0) is 4.79 Å². The Bertz CT molecular complexity index is 170. The second-order valence-electron chi connectivity index (χ2n) is 3.74. The van der Waals surface area contributed by atoms with Crippen molar-refractivity contribution in [3.05, 3.63) is 0 Å². The molecule has 1 atom stereocenters. The fourth-order valence-corrected chi connectivity index (χ4v) is 1.65. The van der Waals surface area contributed by atoms with Gasteiger partial charge in [-0.25, -0.2) is 0 Å². The highest BCUT2D eigenvalue weighted by Crippen LogP contribution is 2.11. The van der Waals surface area contributed by atoms with E-state index in [2.05, 4.69) is 6.92 Å². The summed E-state index contributed by atoms with van der Waals surface area (Å²) in [6.07, 6.45) is 4.38. The summed E-state index contributed by atoms with van der Waals surface area (Å²) in [5.74, 6) is 0.213. The minimum Gasteiger partial charge on any atom is -0.391 e. The molecule has 1 heterocycles. The molecule has 0 saturated carbocycles. The molecule has 0 aromatic rings. The highest BCUT2D eigenvalue weighted by molar-refractivity contribution is 5.76. The van der Waals surface area contributed by atoms with Gasteiger partial charge in [-0.2, -0.15) is 0 Å². The Kier molecular flexibility index (Phi) is 4.22. The Morgan fingerprint density at radius 3 is 2.85 bits per heavy atom. The van der Waals surface area contributed by atoms with Crippen LogP contribution in [0.4, 0.5) is 0 Å². The number of aliphatic hydroxyl groups excluding tert-OH is 1. The van der Waals surface area contributed by atoms with Crippen molar-refractivity contribution in [2.24, 2.45) is 0 Å². The summed E-state index contributed by atoms with van der Waals surface area (Å²) < 4.78 is 0. The Morgan fingerprint density at radius 1 is 1.54 bits per heavy atom. The van der Waals surface area contributed by atoms with Crippen molar-refractivity contribution in [3.63, 3.8) is 0 Å². The Balaban J connectivity index is 2.16. The predicted molar refractivity (Wildman–Crippen MR) is 51.3 cm³/mol. The van der Waals surface area contributed by atoms with E-state index >= 15 is 0 Å². The highest BCUT2D eigenvalue weighted by atomic mass is 16.3. The van der Waals surface area contributed by atoms with E-state index in [0.29, 0.717) is 13.0 Å². The summed E-state index contributed by atoms with van der Waals surface area (Å²) in [7, 11) is 0. The topological polar surface area (TPSA) is 40.5 Å². The van der Waals surface area contributed by atoms with E-state index in [1.165, 1.54) is 0 Å². The van der Waals surface area contributed by atoms with Crippen LogP contribution >= 0.6 is 0 Å². The number of aliphatic hydroxyl groups is 1. The zero-order valence-corrected chi connectivity index (χ0v) is 8.33. The van der Waals surface area contributed by atoms with Crippen LogP contribution in [0.25, 0.3) is 0 Å². The molecule has 76 valence electrons. The molecule has 0 aliphatic carbocycles. The lowest BCUT2D eigenvalue weighted by molar-refractivity contribution is -0.130. The molecule has 0 bridgehead atoms. The minimum absolute atomic E-state index is 0.213. The molecular formula is C10H19NO2. The van der Waals surface area contributed by atoms with Gasteiger partial charge in [0.25, 0.3) is 0 Å². The zero-order chi connectivity index (χ0) is 9.68. The summed E-state index contributed by atoms with van der Waals surface area (Å²) in [5, 5.41) is 9.23. The molecule has 3 nitrogen and oxygen atoms in total. The standard InChI is InChI=1S/C10H19NO2/c1-2-3-4-5-10(13)11-7-6-9(12)8-11/h9,12H,2-8H2,1H3. The second-order valence-corrected chi connectivity index (χ2v) is 3.74. The van der Waals surface area contributed by atoms with Gasteiger partial charge in [-0.3, -0.25) is 4.79 Å². The number of rotatable bonds is 4. The second kappa shape index (κ2) is 5.22. The van der Waals surface area contributed by atoms with E-state index in [1.807, 2.05) is 0 Å². The lowest BCUT2D eigenvalue weighted by Gasteiger charge is -2.14. The molecule has 0 radical (unpaired) electrons. The zero-order valence-electron chi connectivity index (χ0n) is 8.33. The third-order valence-corrected chi connectivity index (χ3v) is 2.51. The molecular weight excluding hydrogens is 166 g/mol. The molecule has 1 aliphatic rings. The summed E-state index contributed by atoms with van der Waals surface area (Å²) in [5.41, 5.74) is 0. The first-order valence-electron chi connectivity index (χ1n) is 5.20.